The average Bonchev–Trinajstić information content (AvgIpc) is 2.53. The summed E-state index contributed by atoms with van der Waals surface area (Å²) in [5.74, 6) is 0.362. The van der Waals surface area contributed by atoms with E-state index in [1.165, 1.54) is 25.7 Å². The molecule has 1 rings (SSSR count). The zero-order chi connectivity index (χ0) is 10.6. The van der Waals surface area contributed by atoms with Crippen LogP contribution in [0.1, 0.15) is 46.0 Å². The Balaban J connectivity index is 2.42. The van der Waals surface area contributed by atoms with Crippen molar-refractivity contribution in [1.82, 2.24) is 0 Å². The summed E-state index contributed by atoms with van der Waals surface area (Å²) < 4.78 is 5.40. The molecule has 1 fully saturated rings. The van der Waals surface area contributed by atoms with E-state index in [0.717, 1.165) is 6.42 Å². The first-order valence-electron chi connectivity index (χ1n) is 5.51. The molecule has 1 aliphatic rings. The minimum atomic E-state index is -0.224. The molecule has 0 bridgehead atoms. The molecule has 2 atom stereocenters. The van der Waals surface area contributed by atoms with Gasteiger partial charge in [0.1, 0.15) is 6.10 Å². The lowest BCUT2D eigenvalue weighted by Crippen LogP contribution is -2.22. The molecule has 1 saturated carbocycles. The van der Waals surface area contributed by atoms with Gasteiger partial charge in [-0.3, -0.25) is 0 Å². The van der Waals surface area contributed by atoms with E-state index in [1.54, 1.807) is 6.92 Å². The number of ether oxygens (including phenoxy) is 1. The number of hydrogen-bond acceptors (Lipinski definition) is 2. The second-order valence-corrected chi connectivity index (χ2v) is 4.20. The van der Waals surface area contributed by atoms with Crippen LogP contribution < -0.4 is 0 Å². The van der Waals surface area contributed by atoms with Crippen molar-refractivity contribution in [1.29, 1.82) is 0 Å². The molecule has 2 heteroatoms. The lowest BCUT2D eigenvalue weighted by atomic mass is 10.0. The van der Waals surface area contributed by atoms with Crippen molar-refractivity contribution < 1.29 is 9.53 Å². The van der Waals surface area contributed by atoms with Crippen molar-refractivity contribution in [3.63, 3.8) is 0 Å². The van der Waals surface area contributed by atoms with Crippen LogP contribution in [0.15, 0.2) is 12.2 Å². The predicted molar refractivity (Wildman–Crippen MR) is 56.9 cm³/mol. The molecular weight excluding hydrogens is 176 g/mol. The fraction of sp³-hybridized carbons (Fsp3) is 0.750. The van der Waals surface area contributed by atoms with E-state index in [2.05, 4.69) is 13.5 Å². The summed E-state index contributed by atoms with van der Waals surface area (Å²) in [4.78, 5) is 11.3. The van der Waals surface area contributed by atoms with Crippen LogP contribution in [0.3, 0.4) is 0 Å². The molecule has 80 valence electrons. The van der Waals surface area contributed by atoms with Crippen LogP contribution in [0.5, 0.6) is 0 Å². The van der Waals surface area contributed by atoms with E-state index in [1.807, 2.05) is 0 Å². The molecule has 0 N–H and O–H groups in total. The SMILES string of the molecule is C=C(C)C(=O)OC1CCCC1CCC. The first-order chi connectivity index (χ1) is 6.65. The summed E-state index contributed by atoms with van der Waals surface area (Å²) in [6.07, 6.45) is 5.93. The maximum absolute atomic E-state index is 11.3. The highest BCUT2D eigenvalue weighted by Gasteiger charge is 2.29. The van der Waals surface area contributed by atoms with Crippen molar-refractivity contribution in [2.24, 2.45) is 5.92 Å². The molecule has 2 unspecified atom stereocenters. The lowest BCUT2D eigenvalue weighted by Gasteiger charge is -2.19. The Morgan fingerprint density at radius 3 is 2.79 bits per heavy atom. The third kappa shape index (κ3) is 2.86. The van der Waals surface area contributed by atoms with Gasteiger partial charge in [0.15, 0.2) is 0 Å². The second-order valence-electron chi connectivity index (χ2n) is 4.20. The van der Waals surface area contributed by atoms with Crippen LogP contribution in [-0.2, 0) is 9.53 Å². The molecule has 0 aromatic carbocycles. The third-order valence-corrected chi connectivity index (χ3v) is 2.86. The minimum absolute atomic E-state index is 0.152. The summed E-state index contributed by atoms with van der Waals surface area (Å²) in [5, 5.41) is 0. The summed E-state index contributed by atoms with van der Waals surface area (Å²) in [5.41, 5.74) is 0.507. The van der Waals surface area contributed by atoms with Crippen LogP contribution in [-0.4, -0.2) is 12.1 Å². The Morgan fingerprint density at radius 2 is 2.21 bits per heavy atom. The van der Waals surface area contributed by atoms with Gasteiger partial charge in [0, 0.05) is 5.57 Å². The highest BCUT2D eigenvalue weighted by atomic mass is 16.5. The third-order valence-electron chi connectivity index (χ3n) is 2.86. The summed E-state index contributed by atoms with van der Waals surface area (Å²) in [6, 6.07) is 0. The first kappa shape index (κ1) is 11.3. The first-order valence-corrected chi connectivity index (χ1v) is 5.51. The Morgan fingerprint density at radius 1 is 1.50 bits per heavy atom. The molecule has 0 saturated heterocycles. The van der Waals surface area contributed by atoms with Gasteiger partial charge in [0.2, 0.25) is 0 Å². The van der Waals surface area contributed by atoms with E-state index in [0.29, 0.717) is 11.5 Å². The van der Waals surface area contributed by atoms with E-state index >= 15 is 0 Å². The maximum Gasteiger partial charge on any atom is 0.333 e. The van der Waals surface area contributed by atoms with E-state index < -0.39 is 0 Å². The zero-order valence-electron chi connectivity index (χ0n) is 9.21. The zero-order valence-corrected chi connectivity index (χ0v) is 9.21. The average molecular weight is 196 g/mol. The molecule has 0 aromatic heterocycles. The molecule has 0 radical (unpaired) electrons. The Hall–Kier alpha value is -0.790. The smallest absolute Gasteiger partial charge is 0.333 e. The topological polar surface area (TPSA) is 26.3 Å². The van der Waals surface area contributed by atoms with Crippen molar-refractivity contribution in [2.45, 2.75) is 52.1 Å². The van der Waals surface area contributed by atoms with Gasteiger partial charge in [-0.15, -0.1) is 0 Å². The van der Waals surface area contributed by atoms with Crippen LogP contribution in [0.25, 0.3) is 0 Å². The van der Waals surface area contributed by atoms with Crippen LogP contribution in [0.2, 0.25) is 0 Å². The van der Waals surface area contributed by atoms with E-state index in [9.17, 15) is 4.79 Å². The number of hydrogen-bond donors (Lipinski definition) is 0. The summed E-state index contributed by atoms with van der Waals surface area (Å²) in [6.45, 7) is 7.47. The van der Waals surface area contributed by atoms with Crippen molar-refractivity contribution in [3.05, 3.63) is 12.2 Å². The van der Waals surface area contributed by atoms with E-state index in [-0.39, 0.29) is 12.1 Å². The minimum Gasteiger partial charge on any atom is -0.459 e. The Labute approximate surface area is 86.3 Å². The number of carbonyl (C=O) groups excluding carboxylic acids is 1. The quantitative estimate of drug-likeness (QED) is 0.510. The summed E-state index contributed by atoms with van der Waals surface area (Å²) >= 11 is 0. The maximum atomic E-state index is 11.3. The van der Waals surface area contributed by atoms with Crippen LogP contribution >= 0.6 is 0 Å². The molecule has 0 heterocycles. The molecule has 14 heavy (non-hydrogen) atoms. The fourth-order valence-electron chi connectivity index (χ4n) is 2.10. The van der Waals surface area contributed by atoms with Gasteiger partial charge in [0.05, 0.1) is 0 Å². The van der Waals surface area contributed by atoms with Crippen molar-refractivity contribution >= 4 is 5.97 Å². The molecule has 0 aromatic rings. The monoisotopic (exact) mass is 196 g/mol. The molecule has 0 amide bonds. The number of rotatable bonds is 4. The predicted octanol–water partition coefficient (Wildman–Crippen LogP) is 3.07. The fourth-order valence-corrected chi connectivity index (χ4v) is 2.10. The van der Waals surface area contributed by atoms with Crippen molar-refractivity contribution in [3.8, 4) is 0 Å². The van der Waals surface area contributed by atoms with Gasteiger partial charge < -0.3 is 4.74 Å². The van der Waals surface area contributed by atoms with Gasteiger partial charge in [0.25, 0.3) is 0 Å². The molecule has 1 aliphatic carbocycles. The van der Waals surface area contributed by atoms with Crippen LogP contribution in [0, 0.1) is 5.92 Å². The molecular formula is C12H20O2. The Bertz CT molecular complexity index is 220. The van der Waals surface area contributed by atoms with Crippen LogP contribution in [0.4, 0.5) is 0 Å². The van der Waals surface area contributed by atoms with Gasteiger partial charge >= 0.3 is 5.97 Å². The Kier molecular flexibility index (Phi) is 4.18. The number of carbonyl (C=O) groups is 1. The standard InChI is InChI=1S/C12H20O2/c1-4-6-10-7-5-8-11(10)14-12(13)9(2)3/h10-11H,2,4-8H2,1,3H3. The summed E-state index contributed by atoms with van der Waals surface area (Å²) in [7, 11) is 0. The van der Waals surface area contributed by atoms with E-state index in [4.69, 9.17) is 4.74 Å². The van der Waals surface area contributed by atoms with Gasteiger partial charge in [-0.05, 0) is 38.5 Å². The second kappa shape index (κ2) is 5.18. The highest BCUT2D eigenvalue weighted by Crippen LogP contribution is 2.32. The van der Waals surface area contributed by atoms with Gasteiger partial charge in [-0.2, -0.15) is 0 Å². The lowest BCUT2D eigenvalue weighted by molar-refractivity contribution is -0.146. The largest absolute Gasteiger partial charge is 0.459 e. The normalized spacial score (nSPS) is 26.1. The number of esters is 1. The molecule has 0 spiro atoms. The van der Waals surface area contributed by atoms with Crippen molar-refractivity contribution in [2.75, 3.05) is 0 Å². The molecule has 2 nitrogen and oxygen atoms in total. The molecule has 0 aliphatic heterocycles. The highest BCUT2D eigenvalue weighted by molar-refractivity contribution is 5.87. The van der Waals surface area contributed by atoms with Gasteiger partial charge in [-0.1, -0.05) is 19.9 Å². The van der Waals surface area contributed by atoms with Gasteiger partial charge in [-0.25, -0.2) is 4.79 Å².